The van der Waals surface area contributed by atoms with Crippen LogP contribution in [0, 0.1) is 0 Å². The maximum Gasteiger partial charge on any atom is 0.413 e. The number of rotatable bonds is 2. The Morgan fingerprint density at radius 1 is 1.29 bits per heavy atom. The molecule has 0 aromatic heterocycles. The minimum Gasteiger partial charge on any atom is -0.446 e. The van der Waals surface area contributed by atoms with Gasteiger partial charge in [0.15, 0.2) is 0 Å². The van der Waals surface area contributed by atoms with Gasteiger partial charge in [-0.1, -0.05) is 18.2 Å². The van der Waals surface area contributed by atoms with Crippen molar-refractivity contribution in [3.63, 3.8) is 0 Å². The molecule has 2 rings (SSSR count). The molecule has 1 aliphatic rings. The number of carbonyl (C=O) groups is 3. The molecular weight excluding hydrogens is 224 g/mol. The lowest BCUT2D eigenvalue weighted by atomic mass is 10.2. The summed E-state index contributed by atoms with van der Waals surface area (Å²) in [7, 11) is 0. The van der Waals surface area contributed by atoms with Crippen molar-refractivity contribution in [1.82, 2.24) is 10.6 Å². The lowest BCUT2D eigenvalue weighted by Crippen LogP contribution is -2.55. The standard InChI is InChI=1S/C11H10N2O4/c14-9(7-4-2-1-3-5-7)12-8-6-17-11(16)13-10(8)15/h1-5,8H,6H2,(H,12,14)(H,13,15,16). The van der Waals surface area contributed by atoms with E-state index in [4.69, 9.17) is 0 Å². The highest BCUT2D eigenvalue weighted by molar-refractivity contribution is 6.01. The van der Waals surface area contributed by atoms with Gasteiger partial charge in [0.25, 0.3) is 11.8 Å². The highest BCUT2D eigenvalue weighted by Crippen LogP contribution is 2.01. The summed E-state index contributed by atoms with van der Waals surface area (Å²) < 4.78 is 4.61. The van der Waals surface area contributed by atoms with Crippen molar-refractivity contribution in [3.05, 3.63) is 35.9 Å². The molecule has 1 aromatic rings. The number of cyclic esters (lactones) is 1. The summed E-state index contributed by atoms with van der Waals surface area (Å²) in [6.07, 6.45) is -0.791. The van der Waals surface area contributed by atoms with Crippen molar-refractivity contribution in [2.24, 2.45) is 0 Å². The van der Waals surface area contributed by atoms with Crippen LogP contribution < -0.4 is 10.6 Å². The molecule has 0 bridgehead atoms. The van der Waals surface area contributed by atoms with Crippen LogP contribution in [0.15, 0.2) is 30.3 Å². The maximum absolute atomic E-state index is 11.7. The average molecular weight is 234 g/mol. The molecule has 1 aromatic carbocycles. The fraction of sp³-hybridized carbons (Fsp3) is 0.182. The van der Waals surface area contributed by atoms with Crippen molar-refractivity contribution < 1.29 is 19.1 Å². The summed E-state index contributed by atoms with van der Waals surface area (Å²) in [5.41, 5.74) is 0.442. The Hall–Kier alpha value is -2.37. The molecule has 17 heavy (non-hydrogen) atoms. The van der Waals surface area contributed by atoms with Crippen LogP contribution >= 0.6 is 0 Å². The van der Waals surface area contributed by atoms with Gasteiger partial charge in [-0.2, -0.15) is 0 Å². The van der Waals surface area contributed by atoms with Gasteiger partial charge in [0.05, 0.1) is 0 Å². The Morgan fingerprint density at radius 2 is 2.00 bits per heavy atom. The van der Waals surface area contributed by atoms with Gasteiger partial charge in [-0.05, 0) is 12.1 Å². The summed E-state index contributed by atoms with van der Waals surface area (Å²) >= 11 is 0. The number of ether oxygens (including phenoxy) is 1. The average Bonchev–Trinajstić information content (AvgIpc) is 2.34. The van der Waals surface area contributed by atoms with E-state index in [1.54, 1.807) is 30.3 Å². The molecule has 1 atom stereocenters. The number of imide groups is 1. The Bertz CT molecular complexity index is 458. The molecule has 0 spiro atoms. The number of amides is 3. The quantitative estimate of drug-likeness (QED) is 0.757. The monoisotopic (exact) mass is 234 g/mol. The first kappa shape index (κ1) is 11.1. The van der Waals surface area contributed by atoms with Crippen molar-refractivity contribution >= 4 is 17.9 Å². The van der Waals surface area contributed by atoms with Crippen LogP contribution in [-0.4, -0.2) is 30.6 Å². The van der Waals surface area contributed by atoms with E-state index in [-0.39, 0.29) is 12.5 Å². The predicted molar refractivity (Wildman–Crippen MR) is 57.2 cm³/mol. The lowest BCUT2D eigenvalue weighted by Gasteiger charge is -2.22. The van der Waals surface area contributed by atoms with E-state index in [2.05, 4.69) is 10.1 Å². The van der Waals surface area contributed by atoms with Gasteiger partial charge in [-0.15, -0.1) is 0 Å². The molecule has 1 aliphatic heterocycles. The third kappa shape index (κ3) is 2.60. The van der Waals surface area contributed by atoms with Gasteiger partial charge in [-0.25, -0.2) is 4.79 Å². The van der Waals surface area contributed by atoms with Crippen LogP contribution in [0.4, 0.5) is 4.79 Å². The van der Waals surface area contributed by atoms with Gasteiger partial charge >= 0.3 is 6.09 Å². The summed E-state index contributed by atoms with van der Waals surface area (Å²) in [6, 6.07) is 7.63. The molecule has 0 radical (unpaired) electrons. The van der Waals surface area contributed by atoms with Gasteiger partial charge in [-0.3, -0.25) is 14.9 Å². The van der Waals surface area contributed by atoms with Crippen LogP contribution in [0.5, 0.6) is 0 Å². The molecule has 6 heteroatoms. The maximum atomic E-state index is 11.7. The summed E-state index contributed by atoms with van der Waals surface area (Å²) in [5, 5.41) is 4.45. The number of benzene rings is 1. The van der Waals surface area contributed by atoms with Crippen molar-refractivity contribution in [2.75, 3.05) is 6.61 Å². The van der Waals surface area contributed by atoms with Gasteiger partial charge < -0.3 is 10.1 Å². The minimum atomic E-state index is -0.847. The van der Waals surface area contributed by atoms with Crippen molar-refractivity contribution in [1.29, 1.82) is 0 Å². The molecule has 1 heterocycles. The lowest BCUT2D eigenvalue weighted by molar-refractivity contribution is -0.125. The summed E-state index contributed by atoms with van der Waals surface area (Å²) in [4.78, 5) is 33.8. The Balaban J connectivity index is 2.00. The van der Waals surface area contributed by atoms with Gasteiger partial charge in [0.1, 0.15) is 12.6 Å². The van der Waals surface area contributed by atoms with Gasteiger partial charge in [0.2, 0.25) is 0 Å². The Morgan fingerprint density at radius 3 is 2.65 bits per heavy atom. The third-order valence-corrected chi connectivity index (χ3v) is 2.26. The second kappa shape index (κ2) is 4.65. The second-order valence-corrected chi connectivity index (χ2v) is 3.48. The molecule has 1 fully saturated rings. The molecule has 1 unspecified atom stereocenters. The molecule has 6 nitrogen and oxygen atoms in total. The smallest absolute Gasteiger partial charge is 0.413 e. The van der Waals surface area contributed by atoms with E-state index in [0.717, 1.165) is 0 Å². The highest BCUT2D eigenvalue weighted by Gasteiger charge is 2.29. The molecule has 2 N–H and O–H groups in total. The summed E-state index contributed by atoms with van der Waals surface area (Å²) in [5.74, 6) is -0.950. The van der Waals surface area contributed by atoms with Gasteiger partial charge in [0, 0.05) is 5.56 Å². The fourth-order valence-electron chi connectivity index (χ4n) is 1.40. The molecule has 88 valence electrons. The first-order valence-corrected chi connectivity index (χ1v) is 5.00. The number of alkyl carbamates (subject to hydrolysis) is 1. The SMILES string of the molecule is O=C1NC(=O)C(NC(=O)c2ccccc2)CO1. The van der Waals surface area contributed by atoms with Crippen LogP contribution in [0.2, 0.25) is 0 Å². The molecule has 3 amide bonds. The van der Waals surface area contributed by atoms with Crippen LogP contribution in [0.3, 0.4) is 0 Å². The molecular formula is C11H10N2O4. The summed E-state index contributed by atoms with van der Waals surface area (Å²) in [6.45, 7) is -0.150. The zero-order valence-electron chi connectivity index (χ0n) is 8.80. The number of hydrogen-bond donors (Lipinski definition) is 2. The largest absolute Gasteiger partial charge is 0.446 e. The van der Waals surface area contributed by atoms with E-state index in [0.29, 0.717) is 5.56 Å². The molecule has 0 saturated carbocycles. The van der Waals surface area contributed by atoms with Crippen LogP contribution in [-0.2, 0) is 9.53 Å². The number of nitrogens with one attached hydrogen (secondary N) is 2. The highest BCUT2D eigenvalue weighted by atomic mass is 16.6. The zero-order chi connectivity index (χ0) is 12.3. The zero-order valence-corrected chi connectivity index (χ0v) is 8.80. The van der Waals surface area contributed by atoms with E-state index < -0.39 is 18.0 Å². The van der Waals surface area contributed by atoms with E-state index >= 15 is 0 Å². The van der Waals surface area contributed by atoms with Crippen molar-refractivity contribution in [2.45, 2.75) is 6.04 Å². The number of carbonyl (C=O) groups excluding carboxylic acids is 3. The second-order valence-electron chi connectivity index (χ2n) is 3.48. The van der Waals surface area contributed by atoms with Crippen molar-refractivity contribution in [3.8, 4) is 0 Å². The predicted octanol–water partition coefficient (Wildman–Crippen LogP) is 0.0514. The normalized spacial score (nSPS) is 19.2. The topological polar surface area (TPSA) is 84.5 Å². The fourth-order valence-corrected chi connectivity index (χ4v) is 1.40. The van der Waals surface area contributed by atoms with E-state index in [9.17, 15) is 14.4 Å². The van der Waals surface area contributed by atoms with E-state index in [1.807, 2.05) is 5.32 Å². The first-order valence-electron chi connectivity index (χ1n) is 5.00. The molecule has 0 aliphatic carbocycles. The number of hydrogen-bond acceptors (Lipinski definition) is 4. The first-order chi connectivity index (χ1) is 8.16. The Kier molecular flexibility index (Phi) is 3.04. The van der Waals surface area contributed by atoms with Crippen LogP contribution in [0.25, 0.3) is 0 Å². The molecule has 1 saturated heterocycles. The van der Waals surface area contributed by atoms with Crippen LogP contribution in [0.1, 0.15) is 10.4 Å². The van der Waals surface area contributed by atoms with E-state index in [1.165, 1.54) is 0 Å². The minimum absolute atomic E-state index is 0.150. The Labute approximate surface area is 96.9 Å². The third-order valence-electron chi connectivity index (χ3n) is 2.26.